The molecule has 3 rings (SSSR count). The molecule has 1 heterocycles. The zero-order valence-electron chi connectivity index (χ0n) is 14.3. The number of amides is 1. The molecule has 27 heavy (non-hydrogen) atoms. The number of ether oxygens (including phenoxy) is 1. The van der Waals surface area contributed by atoms with Gasteiger partial charge in [0, 0.05) is 23.8 Å². The highest BCUT2D eigenvalue weighted by atomic mass is 19.4. The summed E-state index contributed by atoms with van der Waals surface area (Å²) in [5, 5.41) is 2.14. The van der Waals surface area contributed by atoms with E-state index in [9.17, 15) is 22.8 Å². The summed E-state index contributed by atoms with van der Waals surface area (Å²) in [4.78, 5) is 24.4. The molecule has 2 aromatic carbocycles. The lowest BCUT2D eigenvalue weighted by molar-refractivity contribution is -0.236. The molecule has 7 heteroatoms. The van der Waals surface area contributed by atoms with Crippen LogP contribution in [0.3, 0.4) is 0 Å². The van der Waals surface area contributed by atoms with Crippen LogP contribution in [0.1, 0.15) is 22.3 Å². The summed E-state index contributed by atoms with van der Waals surface area (Å²) in [7, 11) is 0. The van der Waals surface area contributed by atoms with Crippen molar-refractivity contribution in [3.63, 3.8) is 0 Å². The molecule has 140 valence electrons. The van der Waals surface area contributed by atoms with Gasteiger partial charge < -0.3 is 10.1 Å². The summed E-state index contributed by atoms with van der Waals surface area (Å²) in [5.74, 6) is -1.93. The fraction of sp³-hybridized carbons (Fsp3) is 0.200. The molecular weight excluding hydrogens is 359 g/mol. The van der Waals surface area contributed by atoms with E-state index < -0.39 is 29.9 Å². The minimum atomic E-state index is -4.96. The lowest BCUT2D eigenvalue weighted by atomic mass is 9.99. The Kier molecular flexibility index (Phi) is 4.78. The smallest absolute Gasteiger partial charge is 0.438 e. The highest BCUT2D eigenvalue weighted by Gasteiger charge is 2.66. The molecule has 0 aromatic heterocycles. The Balaban J connectivity index is 1.91. The molecule has 0 aliphatic carbocycles. The van der Waals surface area contributed by atoms with Crippen LogP contribution in [0, 0.1) is 6.92 Å². The Labute approximate surface area is 153 Å². The minimum Gasteiger partial charge on any atom is -0.467 e. The number of carbonyl (C=O) groups excluding carboxylic acids is 2. The summed E-state index contributed by atoms with van der Waals surface area (Å²) in [6.07, 6.45) is -4.77. The monoisotopic (exact) mass is 375 g/mol. The summed E-state index contributed by atoms with van der Waals surface area (Å²) in [6.45, 7) is 1.78. The van der Waals surface area contributed by atoms with Gasteiger partial charge in [0.2, 0.25) is 0 Å². The molecule has 1 N–H and O–H groups in total. The molecule has 0 saturated carbocycles. The van der Waals surface area contributed by atoms with Crippen LogP contribution in [0.15, 0.2) is 66.4 Å². The quantitative estimate of drug-likeness (QED) is 0.650. The van der Waals surface area contributed by atoms with Gasteiger partial charge in [0.1, 0.15) is 5.75 Å². The van der Waals surface area contributed by atoms with Gasteiger partial charge in [0.25, 0.3) is 11.5 Å². The molecule has 4 nitrogen and oxygen atoms in total. The van der Waals surface area contributed by atoms with Crippen molar-refractivity contribution in [2.45, 2.75) is 25.1 Å². The van der Waals surface area contributed by atoms with Crippen molar-refractivity contribution >= 4 is 11.7 Å². The van der Waals surface area contributed by atoms with Crippen LogP contribution in [-0.2, 0) is 4.79 Å². The number of rotatable bonds is 4. The van der Waals surface area contributed by atoms with E-state index in [1.165, 1.54) is 24.3 Å². The molecule has 0 unspecified atom stereocenters. The average Bonchev–Trinajstić information content (AvgIpc) is 2.94. The summed E-state index contributed by atoms with van der Waals surface area (Å²) in [6, 6.07) is 14.0. The molecule has 1 saturated heterocycles. The molecule has 1 aliphatic heterocycles. The Hall–Kier alpha value is -3.09. The maximum atomic E-state index is 13.8. The first-order chi connectivity index (χ1) is 12.7. The first-order valence-corrected chi connectivity index (χ1v) is 8.15. The molecule has 0 radical (unpaired) electrons. The number of benzene rings is 2. The molecule has 1 amide bonds. The van der Waals surface area contributed by atoms with Crippen LogP contribution >= 0.6 is 0 Å². The van der Waals surface area contributed by atoms with Crippen molar-refractivity contribution in [2.24, 2.45) is 0 Å². The predicted octanol–water partition coefficient (Wildman–Crippen LogP) is 3.96. The predicted molar refractivity (Wildman–Crippen MR) is 92.2 cm³/mol. The highest BCUT2D eigenvalue weighted by Crippen LogP contribution is 2.42. The molecular formula is C20H16F3NO3. The van der Waals surface area contributed by atoms with Crippen molar-refractivity contribution in [1.82, 2.24) is 5.32 Å². The van der Waals surface area contributed by atoms with Gasteiger partial charge in [-0.05, 0) is 19.1 Å². The number of ketones is 1. The fourth-order valence-electron chi connectivity index (χ4n) is 2.75. The molecule has 2 aromatic rings. The second-order valence-corrected chi connectivity index (χ2v) is 6.27. The normalized spacial score (nSPS) is 21.2. The molecule has 1 fully saturated rings. The number of halogens is 3. The van der Waals surface area contributed by atoms with E-state index in [2.05, 4.69) is 5.32 Å². The third kappa shape index (κ3) is 3.72. The second kappa shape index (κ2) is 6.90. The van der Waals surface area contributed by atoms with Gasteiger partial charge in [0.15, 0.2) is 5.78 Å². The van der Waals surface area contributed by atoms with Crippen LogP contribution in [0.5, 0.6) is 5.75 Å². The molecule has 1 aliphatic rings. The first-order valence-electron chi connectivity index (χ1n) is 8.15. The Morgan fingerprint density at radius 2 is 1.74 bits per heavy atom. The van der Waals surface area contributed by atoms with Gasteiger partial charge in [-0.25, -0.2) is 0 Å². The zero-order chi connectivity index (χ0) is 19.7. The van der Waals surface area contributed by atoms with E-state index in [-0.39, 0.29) is 11.4 Å². The zero-order valence-corrected chi connectivity index (χ0v) is 14.3. The van der Waals surface area contributed by atoms with Crippen molar-refractivity contribution in [3.8, 4) is 5.75 Å². The van der Waals surface area contributed by atoms with Crippen LogP contribution in [0.2, 0.25) is 0 Å². The lowest BCUT2D eigenvalue weighted by Crippen LogP contribution is -2.55. The topological polar surface area (TPSA) is 55.4 Å². The van der Waals surface area contributed by atoms with Crippen LogP contribution in [-0.4, -0.2) is 23.5 Å². The molecule has 0 bridgehead atoms. The largest absolute Gasteiger partial charge is 0.467 e. The number of hydrogen-bond acceptors (Lipinski definition) is 3. The number of aryl methyl sites for hydroxylation is 1. The molecule has 0 spiro atoms. The van der Waals surface area contributed by atoms with Gasteiger partial charge >= 0.3 is 6.18 Å². The van der Waals surface area contributed by atoms with Crippen LogP contribution in [0.4, 0.5) is 13.2 Å². The third-order valence-corrected chi connectivity index (χ3v) is 4.21. The SMILES string of the molecule is Cc1ccc(O[C@@]2(C(F)(F)F)C/C(=C\C(=O)c3ccccc3)NC2=O)cc1. The van der Waals surface area contributed by atoms with Crippen molar-refractivity contribution in [2.75, 3.05) is 0 Å². The van der Waals surface area contributed by atoms with Crippen LogP contribution in [0.25, 0.3) is 0 Å². The summed E-state index contributed by atoms with van der Waals surface area (Å²) < 4.78 is 46.4. The minimum absolute atomic E-state index is 0.0799. The van der Waals surface area contributed by atoms with E-state index in [1.807, 2.05) is 0 Å². The van der Waals surface area contributed by atoms with E-state index in [0.717, 1.165) is 11.6 Å². The molecule has 1 atom stereocenters. The van der Waals surface area contributed by atoms with Gasteiger partial charge in [-0.2, -0.15) is 13.2 Å². The maximum absolute atomic E-state index is 13.8. The maximum Gasteiger partial charge on any atom is 0.438 e. The van der Waals surface area contributed by atoms with Gasteiger partial charge in [-0.3, -0.25) is 9.59 Å². The summed E-state index contributed by atoms with van der Waals surface area (Å²) in [5.41, 5.74) is -2.07. The number of nitrogens with one attached hydrogen (secondary N) is 1. The van der Waals surface area contributed by atoms with Gasteiger partial charge in [0.05, 0.1) is 0 Å². The lowest BCUT2D eigenvalue weighted by Gasteiger charge is -2.29. The van der Waals surface area contributed by atoms with E-state index in [1.54, 1.807) is 37.3 Å². The van der Waals surface area contributed by atoms with E-state index in [0.29, 0.717) is 5.56 Å². The number of alkyl halides is 3. The Bertz CT molecular complexity index is 889. The van der Waals surface area contributed by atoms with Crippen molar-refractivity contribution in [3.05, 3.63) is 77.5 Å². The third-order valence-electron chi connectivity index (χ3n) is 4.21. The Morgan fingerprint density at radius 1 is 1.11 bits per heavy atom. The highest BCUT2D eigenvalue weighted by molar-refractivity contribution is 6.06. The standard InChI is InChI=1S/C20H16F3NO3/c1-13-7-9-16(10-8-13)27-19(20(21,22)23)12-15(24-18(19)26)11-17(25)14-5-3-2-4-6-14/h2-11H,12H2,1H3,(H,24,26)/b15-11+/t19-/m0/s1. The van der Waals surface area contributed by atoms with Crippen molar-refractivity contribution < 1.29 is 27.5 Å². The average molecular weight is 375 g/mol. The van der Waals surface area contributed by atoms with E-state index >= 15 is 0 Å². The van der Waals surface area contributed by atoms with Crippen molar-refractivity contribution in [1.29, 1.82) is 0 Å². The summed E-state index contributed by atoms with van der Waals surface area (Å²) >= 11 is 0. The van der Waals surface area contributed by atoms with E-state index in [4.69, 9.17) is 4.74 Å². The number of allylic oxidation sites excluding steroid dienone is 1. The number of hydrogen-bond donors (Lipinski definition) is 1. The first kappa shape index (κ1) is 18.7. The Morgan fingerprint density at radius 3 is 2.33 bits per heavy atom. The van der Waals surface area contributed by atoms with Gasteiger partial charge in [-0.15, -0.1) is 0 Å². The number of carbonyl (C=O) groups is 2. The van der Waals surface area contributed by atoms with Crippen LogP contribution < -0.4 is 10.1 Å². The fourth-order valence-corrected chi connectivity index (χ4v) is 2.75. The van der Waals surface area contributed by atoms with Gasteiger partial charge in [-0.1, -0.05) is 48.0 Å². The second-order valence-electron chi connectivity index (χ2n) is 6.27.